The fourth-order valence-electron chi connectivity index (χ4n) is 4.50. The number of rotatable bonds is 6. The molecule has 0 spiro atoms. The molecule has 1 N–H and O–H groups in total. The van der Waals surface area contributed by atoms with Crippen molar-refractivity contribution >= 4 is 33.4 Å². The van der Waals surface area contributed by atoms with Crippen LogP contribution in [0.25, 0.3) is 10.2 Å². The van der Waals surface area contributed by atoms with Crippen molar-refractivity contribution in [1.29, 1.82) is 0 Å². The first-order valence-electron chi connectivity index (χ1n) is 11.8. The number of amides is 1. The van der Waals surface area contributed by atoms with Gasteiger partial charge in [-0.15, -0.1) is 11.3 Å². The minimum Gasteiger partial charge on any atom is -0.352 e. The molecule has 8 heteroatoms. The molecule has 35 heavy (non-hydrogen) atoms. The molecular formula is C27H27FN4O2S. The summed E-state index contributed by atoms with van der Waals surface area (Å²) in [5, 5.41) is 4.87. The van der Waals surface area contributed by atoms with Gasteiger partial charge >= 0.3 is 0 Å². The molecule has 1 aliphatic heterocycles. The molecule has 180 valence electrons. The largest absolute Gasteiger partial charge is 0.352 e. The smallest absolute Gasteiger partial charge is 0.273 e. The van der Waals surface area contributed by atoms with Crippen molar-refractivity contribution < 1.29 is 9.18 Å². The number of aromatic nitrogens is 2. The van der Waals surface area contributed by atoms with Crippen LogP contribution in [-0.2, 0) is 17.9 Å². The van der Waals surface area contributed by atoms with Crippen LogP contribution in [0.5, 0.6) is 0 Å². The highest BCUT2D eigenvalue weighted by Gasteiger charge is 2.28. The zero-order valence-corrected chi connectivity index (χ0v) is 20.4. The maximum atomic E-state index is 13.4. The lowest BCUT2D eigenvalue weighted by Gasteiger charge is -2.34. The van der Waals surface area contributed by atoms with Crippen molar-refractivity contribution in [2.75, 3.05) is 18.0 Å². The predicted octanol–water partition coefficient (Wildman–Crippen LogP) is 4.49. The Morgan fingerprint density at radius 3 is 2.63 bits per heavy atom. The number of fused-ring (bicyclic) bond motifs is 1. The third kappa shape index (κ3) is 5.12. The average Bonchev–Trinajstić information content (AvgIpc) is 3.35. The third-order valence-corrected chi connectivity index (χ3v) is 7.35. The third-order valence-electron chi connectivity index (χ3n) is 6.46. The summed E-state index contributed by atoms with van der Waals surface area (Å²) in [6.07, 6.45) is 1.60. The van der Waals surface area contributed by atoms with E-state index in [9.17, 15) is 14.0 Å². The van der Waals surface area contributed by atoms with Crippen LogP contribution < -0.4 is 15.8 Å². The number of halogens is 1. The molecule has 1 aliphatic rings. The Morgan fingerprint density at radius 1 is 1.11 bits per heavy atom. The van der Waals surface area contributed by atoms with Gasteiger partial charge in [0, 0.05) is 19.6 Å². The summed E-state index contributed by atoms with van der Waals surface area (Å²) in [5.74, 6) is 0.0578. The number of hydrogen-bond donors (Lipinski definition) is 1. The van der Waals surface area contributed by atoms with Gasteiger partial charge in [0.05, 0.1) is 18.0 Å². The number of thiophene rings is 1. The van der Waals surface area contributed by atoms with Gasteiger partial charge in [0.2, 0.25) is 11.9 Å². The number of piperidine rings is 1. The van der Waals surface area contributed by atoms with Crippen molar-refractivity contribution in [2.45, 2.75) is 32.9 Å². The lowest BCUT2D eigenvalue weighted by atomic mass is 9.97. The number of carbonyl (C=O) groups excluding carboxylic acids is 1. The molecule has 0 unspecified atom stereocenters. The lowest BCUT2D eigenvalue weighted by Crippen LogP contribution is -2.45. The molecule has 6 nitrogen and oxygen atoms in total. The molecular weight excluding hydrogens is 463 g/mol. The molecule has 0 aliphatic carbocycles. The molecule has 1 atom stereocenters. The van der Waals surface area contributed by atoms with Crippen molar-refractivity contribution in [2.24, 2.45) is 5.92 Å². The fourth-order valence-corrected chi connectivity index (χ4v) is 5.28. The molecule has 2 aromatic carbocycles. The Labute approximate surface area is 207 Å². The minimum atomic E-state index is -0.297. The van der Waals surface area contributed by atoms with Gasteiger partial charge < -0.3 is 10.2 Å². The van der Waals surface area contributed by atoms with E-state index in [1.54, 1.807) is 16.7 Å². The van der Waals surface area contributed by atoms with Gasteiger partial charge in [-0.05, 0) is 54.5 Å². The van der Waals surface area contributed by atoms with Crippen molar-refractivity contribution in [3.63, 3.8) is 0 Å². The monoisotopic (exact) mass is 490 g/mol. The van der Waals surface area contributed by atoms with Gasteiger partial charge in [-0.3, -0.25) is 14.2 Å². The summed E-state index contributed by atoms with van der Waals surface area (Å²) in [4.78, 5) is 33.3. The van der Waals surface area contributed by atoms with E-state index < -0.39 is 0 Å². The number of aryl methyl sites for hydroxylation is 1. The molecule has 5 rings (SSSR count). The second-order valence-electron chi connectivity index (χ2n) is 9.05. The van der Waals surface area contributed by atoms with Crippen molar-refractivity contribution in [3.8, 4) is 0 Å². The number of nitrogens with zero attached hydrogens (tertiary/aromatic N) is 3. The summed E-state index contributed by atoms with van der Waals surface area (Å²) >= 11 is 1.41. The van der Waals surface area contributed by atoms with E-state index in [1.165, 1.54) is 29.0 Å². The molecule has 3 heterocycles. The predicted molar refractivity (Wildman–Crippen MR) is 137 cm³/mol. The first kappa shape index (κ1) is 23.2. The Balaban J connectivity index is 1.38. The van der Waals surface area contributed by atoms with Gasteiger partial charge in [-0.25, -0.2) is 9.37 Å². The fraction of sp³-hybridized carbons (Fsp3) is 0.296. The van der Waals surface area contributed by atoms with Crippen LogP contribution >= 0.6 is 11.3 Å². The topological polar surface area (TPSA) is 67.2 Å². The van der Waals surface area contributed by atoms with Crippen LogP contribution in [-0.4, -0.2) is 28.5 Å². The zero-order chi connectivity index (χ0) is 24.4. The Bertz CT molecular complexity index is 1400. The van der Waals surface area contributed by atoms with E-state index in [0.717, 1.165) is 30.5 Å². The van der Waals surface area contributed by atoms with E-state index >= 15 is 0 Å². The van der Waals surface area contributed by atoms with Gasteiger partial charge in [0.15, 0.2) is 0 Å². The quantitative estimate of drug-likeness (QED) is 0.433. The molecule has 1 fully saturated rings. The number of benzene rings is 2. The summed E-state index contributed by atoms with van der Waals surface area (Å²) in [7, 11) is 0. The summed E-state index contributed by atoms with van der Waals surface area (Å²) in [6.45, 7) is 4.04. The molecule has 0 bridgehead atoms. The van der Waals surface area contributed by atoms with E-state index in [2.05, 4.69) is 10.2 Å². The van der Waals surface area contributed by atoms with Gasteiger partial charge in [0.25, 0.3) is 5.56 Å². The van der Waals surface area contributed by atoms with Crippen LogP contribution in [0.3, 0.4) is 0 Å². The number of carbonyl (C=O) groups is 1. The van der Waals surface area contributed by atoms with E-state index in [-0.39, 0.29) is 23.2 Å². The summed E-state index contributed by atoms with van der Waals surface area (Å²) in [6, 6.07) is 16.2. The van der Waals surface area contributed by atoms with Gasteiger partial charge in [-0.1, -0.05) is 42.0 Å². The van der Waals surface area contributed by atoms with Crippen LogP contribution in [0.1, 0.15) is 29.5 Å². The molecule has 0 radical (unpaired) electrons. The van der Waals surface area contributed by atoms with Crippen LogP contribution in [0, 0.1) is 18.7 Å². The van der Waals surface area contributed by atoms with Crippen molar-refractivity contribution in [1.82, 2.24) is 14.9 Å². The minimum absolute atomic E-state index is 0.0388. The Kier molecular flexibility index (Phi) is 6.63. The zero-order valence-electron chi connectivity index (χ0n) is 19.5. The highest BCUT2D eigenvalue weighted by atomic mass is 32.1. The molecule has 1 amide bonds. The number of anilines is 1. The first-order chi connectivity index (χ1) is 17.0. The molecule has 0 saturated carbocycles. The summed E-state index contributed by atoms with van der Waals surface area (Å²) < 4.78 is 15.5. The summed E-state index contributed by atoms with van der Waals surface area (Å²) in [5.41, 5.74) is 3.69. The number of hydrogen-bond acceptors (Lipinski definition) is 5. The normalized spacial score (nSPS) is 15.9. The van der Waals surface area contributed by atoms with E-state index in [0.29, 0.717) is 35.8 Å². The average molecular weight is 491 g/mol. The molecule has 1 saturated heterocycles. The maximum Gasteiger partial charge on any atom is 0.273 e. The Morgan fingerprint density at radius 2 is 1.86 bits per heavy atom. The molecule has 4 aromatic rings. The second-order valence-corrected chi connectivity index (χ2v) is 9.97. The van der Waals surface area contributed by atoms with E-state index in [4.69, 9.17) is 4.98 Å². The Hall–Kier alpha value is -3.52. The lowest BCUT2D eigenvalue weighted by molar-refractivity contribution is -0.125. The number of nitrogens with one attached hydrogen (secondary N) is 1. The van der Waals surface area contributed by atoms with Crippen LogP contribution in [0.15, 0.2) is 64.8 Å². The van der Waals surface area contributed by atoms with Crippen LogP contribution in [0.2, 0.25) is 0 Å². The highest BCUT2D eigenvalue weighted by molar-refractivity contribution is 7.17. The maximum absolute atomic E-state index is 13.4. The molecule has 2 aromatic heterocycles. The highest BCUT2D eigenvalue weighted by Crippen LogP contribution is 2.25. The van der Waals surface area contributed by atoms with E-state index in [1.807, 2.05) is 42.6 Å². The second kappa shape index (κ2) is 10.00. The van der Waals surface area contributed by atoms with Gasteiger partial charge in [0.1, 0.15) is 10.5 Å². The first-order valence-corrected chi connectivity index (χ1v) is 12.7. The van der Waals surface area contributed by atoms with Crippen molar-refractivity contribution in [3.05, 3.63) is 92.8 Å². The SMILES string of the molecule is Cc1ccc(Cn2c(N3CCC[C@@H](C(=O)NCc4ccc(F)cc4)C3)nc3ccsc3c2=O)cc1. The van der Waals surface area contributed by atoms with Crippen LogP contribution in [0.4, 0.5) is 10.3 Å². The van der Waals surface area contributed by atoms with Gasteiger partial charge in [-0.2, -0.15) is 0 Å². The standard InChI is InChI=1S/C27H27FN4O2S/c1-18-4-6-20(7-5-18)16-32-26(34)24-23(12-14-35-24)30-27(32)31-13-2-3-21(17-31)25(33)29-15-19-8-10-22(28)11-9-19/h4-12,14,21H,2-3,13,15-17H2,1H3,(H,29,33)/t21-/m1/s1.